The summed E-state index contributed by atoms with van der Waals surface area (Å²) in [7, 11) is 0. The van der Waals surface area contributed by atoms with Crippen LogP contribution in [0.2, 0.25) is 0 Å². The Hall–Kier alpha value is -2.59. The van der Waals surface area contributed by atoms with Crippen LogP contribution in [0, 0.1) is 6.92 Å². The van der Waals surface area contributed by atoms with Gasteiger partial charge in [0.15, 0.2) is 0 Å². The first-order valence-electron chi connectivity index (χ1n) is 7.90. The summed E-state index contributed by atoms with van der Waals surface area (Å²) >= 11 is 0. The average molecular weight is 347 g/mol. The van der Waals surface area contributed by atoms with E-state index in [-0.39, 0.29) is 12.4 Å². The molecular formula is C19H16F3NO2. The molecule has 1 saturated carbocycles. The molecule has 0 aromatic heterocycles. The quantitative estimate of drug-likeness (QED) is 0.534. The van der Waals surface area contributed by atoms with Crippen molar-refractivity contribution in [3.05, 3.63) is 58.7 Å². The molecule has 1 aliphatic carbocycles. The molecular weight excluding hydrogens is 331 g/mol. The smallest absolute Gasteiger partial charge is 0.419 e. The van der Waals surface area contributed by atoms with Crippen LogP contribution in [0.15, 0.2) is 41.4 Å². The minimum atomic E-state index is -4.50. The predicted molar refractivity (Wildman–Crippen MR) is 86.7 cm³/mol. The fourth-order valence-electron chi connectivity index (χ4n) is 2.82. The number of hydrogen-bond donors (Lipinski definition) is 0. The van der Waals surface area contributed by atoms with Gasteiger partial charge >= 0.3 is 6.18 Å². The Labute approximate surface area is 143 Å². The molecule has 1 fully saturated rings. The zero-order valence-corrected chi connectivity index (χ0v) is 13.6. The van der Waals surface area contributed by atoms with E-state index in [1.165, 1.54) is 12.1 Å². The number of ether oxygens (including phenoxy) is 1. The maximum absolute atomic E-state index is 13.2. The van der Waals surface area contributed by atoms with Gasteiger partial charge in [0, 0.05) is 5.56 Å². The van der Waals surface area contributed by atoms with Gasteiger partial charge in [-0.25, -0.2) is 4.79 Å². The van der Waals surface area contributed by atoms with Gasteiger partial charge in [-0.1, -0.05) is 23.8 Å². The van der Waals surface area contributed by atoms with Gasteiger partial charge in [0.25, 0.3) is 0 Å². The Morgan fingerprint density at radius 2 is 2.00 bits per heavy atom. The molecule has 2 aromatic carbocycles. The van der Waals surface area contributed by atoms with E-state index in [0.717, 1.165) is 24.5 Å². The summed E-state index contributed by atoms with van der Waals surface area (Å²) in [6, 6.07) is 9.27. The molecule has 3 nitrogen and oxygen atoms in total. The van der Waals surface area contributed by atoms with Gasteiger partial charge in [-0.15, -0.1) is 0 Å². The first kappa shape index (κ1) is 17.2. The highest BCUT2D eigenvalue weighted by Gasteiger charge is 2.35. The van der Waals surface area contributed by atoms with E-state index in [1.807, 2.05) is 6.07 Å². The summed E-state index contributed by atoms with van der Waals surface area (Å²) < 4.78 is 45.2. The van der Waals surface area contributed by atoms with Gasteiger partial charge in [-0.3, -0.25) is 0 Å². The SMILES string of the molecule is Cc1ccc(OCc2c(N=C=O)cccc2C2CC2)c(C(F)(F)F)c1. The Bertz CT molecular complexity index is 835. The molecule has 130 valence electrons. The third kappa shape index (κ3) is 3.91. The molecule has 2 aromatic rings. The molecule has 0 spiro atoms. The fourth-order valence-corrected chi connectivity index (χ4v) is 2.82. The number of benzene rings is 2. The van der Waals surface area contributed by atoms with Crippen LogP contribution in [0.25, 0.3) is 0 Å². The number of rotatable bonds is 5. The van der Waals surface area contributed by atoms with E-state index >= 15 is 0 Å². The van der Waals surface area contributed by atoms with Gasteiger partial charge in [-0.05, 0) is 49.4 Å². The summed E-state index contributed by atoms with van der Waals surface area (Å²) in [5.41, 5.74) is 1.69. The van der Waals surface area contributed by atoms with E-state index < -0.39 is 11.7 Å². The minimum Gasteiger partial charge on any atom is -0.488 e. The summed E-state index contributed by atoms with van der Waals surface area (Å²) in [6.45, 7) is 1.51. The van der Waals surface area contributed by atoms with Gasteiger partial charge in [-0.2, -0.15) is 18.2 Å². The number of nitrogens with zero attached hydrogens (tertiary/aromatic N) is 1. The van der Waals surface area contributed by atoms with Crippen LogP contribution in [0.5, 0.6) is 5.75 Å². The van der Waals surface area contributed by atoms with Gasteiger partial charge in [0.1, 0.15) is 12.4 Å². The maximum atomic E-state index is 13.2. The molecule has 6 heteroatoms. The normalized spacial score (nSPS) is 14.1. The van der Waals surface area contributed by atoms with Crippen molar-refractivity contribution in [2.75, 3.05) is 0 Å². The molecule has 0 saturated heterocycles. The number of aliphatic imine (C=N–C) groups is 1. The second kappa shape index (κ2) is 6.73. The second-order valence-electron chi connectivity index (χ2n) is 6.11. The first-order valence-corrected chi connectivity index (χ1v) is 7.90. The standard InChI is InChI=1S/C19H16F3NO2/c1-12-5-8-18(16(9-12)19(20,21)22)25-10-15-14(13-6-7-13)3-2-4-17(15)23-11-24/h2-5,8-9,13H,6-7,10H2,1H3. The first-order chi connectivity index (χ1) is 11.9. The Morgan fingerprint density at radius 1 is 1.24 bits per heavy atom. The van der Waals surface area contributed by atoms with Crippen molar-refractivity contribution in [3.63, 3.8) is 0 Å². The topological polar surface area (TPSA) is 38.7 Å². The number of isocyanates is 1. The zero-order chi connectivity index (χ0) is 18.0. The van der Waals surface area contributed by atoms with Crippen molar-refractivity contribution < 1.29 is 22.7 Å². The number of carbonyl (C=O) groups excluding carboxylic acids is 1. The lowest BCUT2D eigenvalue weighted by atomic mass is 10.0. The molecule has 0 radical (unpaired) electrons. The van der Waals surface area contributed by atoms with Crippen LogP contribution >= 0.6 is 0 Å². The molecule has 0 heterocycles. The lowest BCUT2D eigenvalue weighted by Crippen LogP contribution is -2.10. The molecule has 25 heavy (non-hydrogen) atoms. The van der Waals surface area contributed by atoms with Crippen molar-refractivity contribution in [1.82, 2.24) is 0 Å². The van der Waals surface area contributed by atoms with Gasteiger partial charge in [0.05, 0.1) is 11.3 Å². The van der Waals surface area contributed by atoms with Crippen LogP contribution in [0.4, 0.5) is 18.9 Å². The van der Waals surface area contributed by atoms with Crippen LogP contribution in [0.1, 0.15) is 41.0 Å². The number of alkyl halides is 3. The summed E-state index contributed by atoms with van der Waals surface area (Å²) in [4.78, 5) is 14.3. The molecule has 1 aliphatic rings. The summed E-state index contributed by atoms with van der Waals surface area (Å²) in [5.74, 6) is 0.116. The molecule has 0 N–H and O–H groups in total. The third-order valence-electron chi connectivity index (χ3n) is 4.18. The van der Waals surface area contributed by atoms with E-state index in [9.17, 15) is 18.0 Å². The predicted octanol–water partition coefficient (Wildman–Crippen LogP) is 5.44. The Balaban J connectivity index is 1.94. The monoisotopic (exact) mass is 347 g/mol. The summed E-state index contributed by atoms with van der Waals surface area (Å²) in [5, 5.41) is 0. The van der Waals surface area contributed by atoms with Crippen LogP contribution in [0.3, 0.4) is 0 Å². The number of aryl methyl sites for hydroxylation is 1. The van der Waals surface area contributed by atoms with Crippen LogP contribution < -0.4 is 4.74 Å². The molecule has 0 atom stereocenters. The maximum Gasteiger partial charge on any atom is 0.419 e. The highest BCUT2D eigenvalue weighted by molar-refractivity contribution is 5.57. The highest BCUT2D eigenvalue weighted by atomic mass is 19.4. The summed E-state index contributed by atoms with van der Waals surface area (Å²) in [6.07, 6.45) is -0.980. The lowest BCUT2D eigenvalue weighted by molar-refractivity contribution is -0.139. The van der Waals surface area contributed by atoms with Crippen LogP contribution in [-0.2, 0) is 17.6 Å². The lowest BCUT2D eigenvalue weighted by Gasteiger charge is -2.17. The van der Waals surface area contributed by atoms with E-state index in [0.29, 0.717) is 22.7 Å². The minimum absolute atomic E-state index is 0.0840. The van der Waals surface area contributed by atoms with Crippen molar-refractivity contribution in [3.8, 4) is 5.75 Å². The van der Waals surface area contributed by atoms with E-state index in [1.54, 1.807) is 25.1 Å². The Kier molecular flexibility index (Phi) is 4.64. The van der Waals surface area contributed by atoms with E-state index in [2.05, 4.69) is 4.99 Å². The zero-order valence-electron chi connectivity index (χ0n) is 13.6. The number of halogens is 3. The van der Waals surface area contributed by atoms with Crippen molar-refractivity contribution in [2.24, 2.45) is 4.99 Å². The third-order valence-corrected chi connectivity index (χ3v) is 4.18. The highest BCUT2D eigenvalue weighted by Crippen LogP contribution is 2.44. The van der Waals surface area contributed by atoms with Gasteiger partial charge in [0.2, 0.25) is 6.08 Å². The second-order valence-corrected chi connectivity index (χ2v) is 6.11. The van der Waals surface area contributed by atoms with Gasteiger partial charge < -0.3 is 4.74 Å². The van der Waals surface area contributed by atoms with Crippen molar-refractivity contribution in [1.29, 1.82) is 0 Å². The fraction of sp³-hybridized carbons (Fsp3) is 0.316. The molecule has 0 unspecified atom stereocenters. The number of hydrogen-bond acceptors (Lipinski definition) is 3. The molecule has 0 aliphatic heterocycles. The van der Waals surface area contributed by atoms with Crippen LogP contribution in [-0.4, -0.2) is 6.08 Å². The molecule has 0 bridgehead atoms. The molecule has 3 rings (SSSR count). The largest absolute Gasteiger partial charge is 0.488 e. The van der Waals surface area contributed by atoms with Crippen molar-refractivity contribution >= 4 is 11.8 Å². The molecule has 0 amide bonds. The average Bonchev–Trinajstić information content (AvgIpc) is 3.38. The Morgan fingerprint density at radius 3 is 2.64 bits per heavy atom. The van der Waals surface area contributed by atoms with Crippen molar-refractivity contribution in [2.45, 2.75) is 38.5 Å². The van der Waals surface area contributed by atoms with E-state index in [4.69, 9.17) is 4.74 Å².